The molecule has 0 radical (unpaired) electrons. The highest BCUT2D eigenvalue weighted by molar-refractivity contribution is 5.94. The molecule has 1 rings (SSSR count). The second-order valence-electron chi connectivity index (χ2n) is 2.44. The van der Waals surface area contributed by atoms with Gasteiger partial charge in [0.1, 0.15) is 5.82 Å². The molecular formula is C8H5F3O2. The Morgan fingerprint density at radius 3 is 2.31 bits per heavy atom. The molecule has 0 aromatic heterocycles. The molecule has 0 heterocycles. The minimum Gasteiger partial charge on any atom is -0.505 e. The van der Waals surface area contributed by atoms with Crippen molar-refractivity contribution >= 4 is 5.78 Å². The Balaban J connectivity index is 3.53. The van der Waals surface area contributed by atoms with E-state index in [2.05, 4.69) is 0 Å². The van der Waals surface area contributed by atoms with Gasteiger partial charge in [-0.3, -0.25) is 4.79 Å². The lowest BCUT2D eigenvalue weighted by molar-refractivity contribution is 0.100. The van der Waals surface area contributed by atoms with Gasteiger partial charge >= 0.3 is 0 Å². The Hall–Kier alpha value is -1.52. The zero-order valence-corrected chi connectivity index (χ0v) is 6.57. The number of benzene rings is 1. The number of rotatable bonds is 1. The van der Waals surface area contributed by atoms with Crippen molar-refractivity contribution in [2.24, 2.45) is 0 Å². The molecule has 0 saturated carbocycles. The molecule has 0 aliphatic heterocycles. The molecule has 0 aliphatic rings. The fraction of sp³-hybridized carbons (Fsp3) is 0.125. The number of hydrogen-bond donors (Lipinski definition) is 1. The van der Waals surface area contributed by atoms with E-state index in [-0.39, 0.29) is 0 Å². The molecular weight excluding hydrogens is 185 g/mol. The average Bonchev–Trinajstić information content (AvgIpc) is 1.99. The summed E-state index contributed by atoms with van der Waals surface area (Å²) in [7, 11) is 0. The fourth-order valence-electron chi connectivity index (χ4n) is 0.905. The highest BCUT2D eigenvalue weighted by Gasteiger charge is 2.21. The van der Waals surface area contributed by atoms with Crippen LogP contribution in [-0.2, 0) is 0 Å². The van der Waals surface area contributed by atoms with Gasteiger partial charge < -0.3 is 5.11 Å². The molecule has 70 valence electrons. The molecule has 5 heteroatoms. The topological polar surface area (TPSA) is 37.3 Å². The third-order valence-corrected chi connectivity index (χ3v) is 1.49. The van der Waals surface area contributed by atoms with Crippen molar-refractivity contribution in [2.75, 3.05) is 0 Å². The molecule has 0 bridgehead atoms. The molecule has 0 saturated heterocycles. The Morgan fingerprint density at radius 2 is 1.85 bits per heavy atom. The maximum atomic E-state index is 12.8. The Morgan fingerprint density at radius 1 is 1.31 bits per heavy atom. The third-order valence-electron chi connectivity index (χ3n) is 1.49. The van der Waals surface area contributed by atoms with Gasteiger partial charge in [0, 0.05) is 6.07 Å². The van der Waals surface area contributed by atoms with Crippen molar-refractivity contribution in [2.45, 2.75) is 6.92 Å². The molecule has 0 atom stereocenters. The van der Waals surface area contributed by atoms with Crippen LogP contribution < -0.4 is 0 Å². The monoisotopic (exact) mass is 190 g/mol. The summed E-state index contributed by atoms with van der Waals surface area (Å²) in [6.45, 7) is 0.901. The highest BCUT2D eigenvalue weighted by atomic mass is 19.2. The zero-order chi connectivity index (χ0) is 10.2. The molecule has 2 nitrogen and oxygen atoms in total. The molecule has 0 aliphatic carbocycles. The summed E-state index contributed by atoms with van der Waals surface area (Å²) in [4.78, 5) is 10.6. The zero-order valence-electron chi connectivity index (χ0n) is 6.57. The van der Waals surface area contributed by atoms with Gasteiger partial charge in [0.15, 0.2) is 17.3 Å². The number of Topliss-reactive ketones (excluding diaryl/α,β-unsaturated/α-hetero) is 1. The highest BCUT2D eigenvalue weighted by Crippen LogP contribution is 2.24. The number of aromatic hydroxyl groups is 1. The maximum Gasteiger partial charge on any atom is 0.201 e. The van der Waals surface area contributed by atoms with Gasteiger partial charge in [0.05, 0.1) is 5.56 Å². The van der Waals surface area contributed by atoms with E-state index in [0.717, 1.165) is 6.92 Å². The minimum absolute atomic E-state index is 0.356. The van der Waals surface area contributed by atoms with Gasteiger partial charge in [-0.05, 0) is 6.92 Å². The first-order valence-corrected chi connectivity index (χ1v) is 3.32. The summed E-state index contributed by atoms with van der Waals surface area (Å²) in [6.07, 6.45) is 0. The van der Waals surface area contributed by atoms with Gasteiger partial charge in [-0.15, -0.1) is 0 Å². The van der Waals surface area contributed by atoms with Crippen LogP contribution in [0.5, 0.6) is 5.75 Å². The quantitative estimate of drug-likeness (QED) is 0.543. The van der Waals surface area contributed by atoms with Crippen LogP contribution in [0, 0.1) is 17.5 Å². The van der Waals surface area contributed by atoms with E-state index in [1.807, 2.05) is 0 Å². The minimum atomic E-state index is -1.66. The van der Waals surface area contributed by atoms with E-state index in [1.54, 1.807) is 0 Å². The number of carbonyl (C=O) groups excluding carboxylic acids is 1. The van der Waals surface area contributed by atoms with Crippen molar-refractivity contribution in [1.29, 1.82) is 0 Å². The number of phenolic OH excluding ortho intramolecular Hbond substituents is 1. The summed E-state index contributed by atoms with van der Waals surface area (Å²) in [5.74, 6) is -6.64. The van der Waals surface area contributed by atoms with Crippen molar-refractivity contribution in [3.05, 3.63) is 29.1 Å². The summed E-state index contributed by atoms with van der Waals surface area (Å²) in [5.41, 5.74) is -0.977. The summed E-state index contributed by atoms with van der Waals surface area (Å²) in [5, 5.41) is 8.62. The van der Waals surface area contributed by atoms with Gasteiger partial charge in [-0.25, -0.2) is 8.78 Å². The van der Waals surface area contributed by atoms with Gasteiger partial charge in [-0.2, -0.15) is 4.39 Å². The molecule has 0 amide bonds. The third kappa shape index (κ3) is 1.49. The van der Waals surface area contributed by atoms with Gasteiger partial charge in [-0.1, -0.05) is 0 Å². The lowest BCUT2D eigenvalue weighted by Crippen LogP contribution is -2.04. The van der Waals surface area contributed by atoms with Crippen LogP contribution in [0.3, 0.4) is 0 Å². The van der Waals surface area contributed by atoms with Crippen LogP contribution in [0.1, 0.15) is 17.3 Å². The summed E-state index contributed by atoms with van der Waals surface area (Å²) < 4.78 is 38.1. The van der Waals surface area contributed by atoms with Crippen LogP contribution in [0.2, 0.25) is 0 Å². The predicted molar refractivity (Wildman–Crippen MR) is 38.0 cm³/mol. The van der Waals surface area contributed by atoms with Crippen LogP contribution in [0.4, 0.5) is 13.2 Å². The van der Waals surface area contributed by atoms with Crippen LogP contribution in [0.25, 0.3) is 0 Å². The van der Waals surface area contributed by atoms with Crippen molar-refractivity contribution < 1.29 is 23.1 Å². The van der Waals surface area contributed by atoms with Crippen LogP contribution in [-0.4, -0.2) is 10.9 Å². The van der Waals surface area contributed by atoms with E-state index in [1.165, 1.54) is 0 Å². The first-order valence-electron chi connectivity index (χ1n) is 3.32. The number of phenols is 1. The molecule has 0 unspecified atom stereocenters. The van der Waals surface area contributed by atoms with E-state index in [9.17, 15) is 18.0 Å². The second-order valence-corrected chi connectivity index (χ2v) is 2.44. The number of halogens is 3. The van der Waals surface area contributed by atoms with Crippen molar-refractivity contribution in [3.8, 4) is 5.75 Å². The molecule has 1 aromatic carbocycles. The number of ketones is 1. The lowest BCUT2D eigenvalue weighted by Gasteiger charge is -2.02. The standard InChI is InChI=1S/C8H5F3O2/c1-3(12)6-4(9)2-5(13)7(10)8(6)11/h2,13H,1H3. The van der Waals surface area contributed by atoms with Crippen molar-refractivity contribution in [1.82, 2.24) is 0 Å². The van der Waals surface area contributed by atoms with E-state index >= 15 is 0 Å². The summed E-state index contributed by atoms with van der Waals surface area (Å²) in [6, 6.07) is 0.356. The van der Waals surface area contributed by atoms with E-state index in [4.69, 9.17) is 5.11 Å². The first-order chi connectivity index (χ1) is 5.95. The largest absolute Gasteiger partial charge is 0.505 e. The van der Waals surface area contributed by atoms with Gasteiger partial charge in [0.25, 0.3) is 0 Å². The number of hydrogen-bond acceptors (Lipinski definition) is 2. The number of carbonyl (C=O) groups is 1. The molecule has 1 aromatic rings. The SMILES string of the molecule is CC(=O)c1c(F)cc(O)c(F)c1F. The second kappa shape index (κ2) is 3.08. The lowest BCUT2D eigenvalue weighted by atomic mass is 10.1. The molecule has 1 N–H and O–H groups in total. The Labute approximate surface area is 71.6 Å². The normalized spacial score (nSPS) is 10.2. The van der Waals surface area contributed by atoms with Crippen molar-refractivity contribution in [3.63, 3.8) is 0 Å². The average molecular weight is 190 g/mol. The Kier molecular flexibility index (Phi) is 2.27. The molecule has 0 spiro atoms. The van der Waals surface area contributed by atoms with E-state index in [0.29, 0.717) is 6.07 Å². The smallest absolute Gasteiger partial charge is 0.201 e. The first kappa shape index (κ1) is 9.57. The van der Waals surface area contributed by atoms with E-state index < -0.39 is 34.5 Å². The predicted octanol–water partition coefficient (Wildman–Crippen LogP) is 2.01. The van der Waals surface area contributed by atoms with Gasteiger partial charge in [0.2, 0.25) is 5.82 Å². The van der Waals surface area contributed by atoms with Crippen LogP contribution >= 0.6 is 0 Å². The molecule has 13 heavy (non-hydrogen) atoms. The maximum absolute atomic E-state index is 12.8. The summed E-state index contributed by atoms with van der Waals surface area (Å²) >= 11 is 0. The fourth-order valence-corrected chi connectivity index (χ4v) is 0.905. The molecule has 0 fully saturated rings. The Bertz CT molecular complexity index is 374. The van der Waals surface area contributed by atoms with Crippen LogP contribution in [0.15, 0.2) is 6.07 Å².